The molecule has 1 saturated heterocycles. The zero-order chi connectivity index (χ0) is 12.6. The molecule has 17 heavy (non-hydrogen) atoms. The van der Waals surface area contributed by atoms with Crippen molar-refractivity contribution in [1.82, 2.24) is 15.1 Å². The molecule has 1 aromatic heterocycles. The molecule has 0 saturated carbocycles. The van der Waals surface area contributed by atoms with Gasteiger partial charge >= 0.3 is 0 Å². The third-order valence-electron chi connectivity index (χ3n) is 2.79. The van der Waals surface area contributed by atoms with E-state index < -0.39 is 0 Å². The summed E-state index contributed by atoms with van der Waals surface area (Å²) in [6.07, 6.45) is 0.459. The topological polar surface area (TPSA) is 85.0 Å². The maximum absolute atomic E-state index is 11.1. The summed E-state index contributed by atoms with van der Waals surface area (Å²) in [6.45, 7) is 2.47. The van der Waals surface area contributed by atoms with Crippen LogP contribution in [0.25, 0.3) is 0 Å². The van der Waals surface area contributed by atoms with Crippen LogP contribution in [0.3, 0.4) is 0 Å². The maximum atomic E-state index is 11.1. The van der Waals surface area contributed by atoms with Gasteiger partial charge in [-0.1, -0.05) is 12.2 Å². The third kappa shape index (κ3) is 2.23. The van der Waals surface area contributed by atoms with E-state index in [1.807, 2.05) is 14.0 Å². The Morgan fingerprint density at radius 1 is 1.71 bits per heavy atom. The number of nitrogens with one attached hydrogen (secondary N) is 2. The Hall–Kier alpha value is -1.63. The van der Waals surface area contributed by atoms with Crippen LogP contribution in [0.4, 0.5) is 5.82 Å². The molecular formula is C10H15N5OS. The fourth-order valence-corrected chi connectivity index (χ4v) is 2.26. The highest BCUT2D eigenvalue weighted by Crippen LogP contribution is 2.20. The number of carbonyl (C=O) groups is 1. The number of amides is 1. The largest absolute Gasteiger partial charge is 0.389 e. The Balaban J connectivity index is 2.25. The minimum absolute atomic E-state index is 0.0539. The summed E-state index contributed by atoms with van der Waals surface area (Å²) in [4.78, 5) is 11.4. The van der Waals surface area contributed by atoms with Crippen molar-refractivity contribution in [3.8, 4) is 0 Å². The Morgan fingerprint density at radius 3 is 2.94 bits per heavy atom. The van der Waals surface area contributed by atoms with Gasteiger partial charge < -0.3 is 16.4 Å². The van der Waals surface area contributed by atoms with Crippen molar-refractivity contribution in [3.63, 3.8) is 0 Å². The second-order valence-corrected chi connectivity index (χ2v) is 4.59. The molecule has 1 fully saturated rings. The van der Waals surface area contributed by atoms with Crippen molar-refractivity contribution in [2.75, 3.05) is 11.9 Å². The van der Waals surface area contributed by atoms with Crippen molar-refractivity contribution >= 4 is 28.9 Å². The summed E-state index contributed by atoms with van der Waals surface area (Å²) in [5.74, 6) is 0.828. The third-order valence-corrected chi connectivity index (χ3v) is 2.99. The van der Waals surface area contributed by atoms with Crippen LogP contribution in [0.15, 0.2) is 0 Å². The lowest BCUT2D eigenvalue weighted by Gasteiger charge is -2.13. The highest BCUT2D eigenvalue weighted by Gasteiger charge is 2.24. The second kappa shape index (κ2) is 4.33. The Morgan fingerprint density at radius 2 is 2.41 bits per heavy atom. The molecule has 92 valence electrons. The second-order valence-electron chi connectivity index (χ2n) is 4.15. The summed E-state index contributed by atoms with van der Waals surface area (Å²) in [6, 6.07) is 0.0606. The van der Waals surface area contributed by atoms with Crippen molar-refractivity contribution in [1.29, 1.82) is 0 Å². The Bertz CT molecular complexity index is 481. The molecule has 1 aliphatic rings. The fourth-order valence-electron chi connectivity index (χ4n) is 2.02. The highest BCUT2D eigenvalue weighted by molar-refractivity contribution is 7.80. The van der Waals surface area contributed by atoms with Gasteiger partial charge in [-0.05, 0) is 6.92 Å². The van der Waals surface area contributed by atoms with Crippen molar-refractivity contribution in [2.24, 2.45) is 12.8 Å². The molecule has 7 heteroatoms. The summed E-state index contributed by atoms with van der Waals surface area (Å²) >= 11 is 5.02. The molecule has 1 aromatic rings. The van der Waals surface area contributed by atoms with Gasteiger partial charge in [0.2, 0.25) is 5.91 Å². The molecule has 1 aliphatic heterocycles. The van der Waals surface area contributed by atoms with Gasteiger partial charge in [0.05, 0.1) is 17.3 Å². The van der Waals surface area contributed by atoms with Crippen LogP contribution in [0.2, 0.25) is 0 Å². The predicted octanol–water partition coefficient (Wildman–Crippen LogP) is -0.337. The number of carbonyl (C=O) groups excluding carboxylic acids is 1. The van der Waals surface area contributed by atoms with E-state index in [0.717, 1.165) is 17.1 Å². The van der Waals surface area contributed by atoms with Gasteiger partial charge in [0, 0.05) is 20.0 Å². The van der Waals surface area contributed by atoms with Gasteiger partial charge in [-0.25, -0.2) is 0 Å². The zero-order valence-electron chi connectivity index (χ0n) is 9.78. The van der Waals surface area contributed by atoms with Gasteiger partial charge in [-0.15, -0.1) is 0 Å². The van der Waals surface area contributed by atoms with E-state index in [-0.39, 0.29) is 11.9 Å². The number of anilines is 1. The lowest BCUT2D eigenvalue weighted by Crippen LogP contribution is -2.25. The minimum Gasteiger partial charge on any atom is -0.389 e. The van der Waals surface area contributed by atoms with Crippen LogP contribution in [-0.2, 0) is 11.8 Å². The number of nitrogens with zero attached hydrogens (tertiary/aromatic N) is 2. The zero-order valence-corrected chi connectivity index (χ0v) is 10.6. The summed E-state index contributed by atoms with van der Waals surface area (Å²) < 4.78 is 1.70. The minimum atomic E-state index is 0.0539. The summed E-state index contributed by atoms with van der Waals surface area (Å²) in [7, 11) is 1.82. The SMILES string of the molecule is Cc1nn(C)c(NC2CNC(=O)C2)c1C(N)=S. The van der Waals surface area contributed by atoms with Gasteiger partial charge in [0.25, 0.3) is 0 Å². The highest BCUT2D eigenvalue weighted by atomic mass is 32.1. The Labute approximate surface area is 105 Å². The molecule has 2 rings (SSSR count). The van der Waals surface area contributed by atoms with Crippen molar-refractivity contribution in [3.05, 3.63) is 11.3 Å². The summed E-state index contributed by atoms with van der Waals surface area (Å²) in [5, 5.41) is 10.3. The van der Waals surface area contributed by atoms with Crippen LogP contribution in [0, 0.1) is 6.92 Å². The first-order valence-electron chi connectivity index (χ1n) is 5.35. The standard InChI is InChI=1S/C10H15N5OS/c1-5-8(9(11)17)10(15(2)14-5)13-6-3-7(16)12-4-6/h6,13H,3-4H2,1-2H3,(H2,11,17)(H,12,16). The lowest BCUT2D eigenvalue weighted by molar-refractivity contribution is -0.119. The number of aryl methyl sites for hydroxylation is 2. The molecular weight excluding hydrogens is 238 g/mol. The molecule has 6 nitrogen and oxygen atoms in total. The van der Waals surface area contributed by atoms with Gasteiger partial charge in [0.1, 0.15) is 10.8 Å². The van der Waals surface area contributed by atoms with Crippen LogP contribution in [0.5, 0.6) is 0 Å². The maximum Gasteiger partial charge on any atom is 0.222 e. The lowest BCUT2D eigenvalue weighted by atomic mass is 10.2. The number of hydrogen-bond donors (Lipinski definition) is 3. The van der Waals surface area contributed by atoms with Crippen LogP contribution in [0.1, 0.15) is 17.7 Å². The summed E-state index contributed by atoms with van der Waals surface area (Å²) in [5.41, 5.74) is 7.23. The average molecular weight is 253 g/mol. The van der Waals surface area contributed by atoms with Crippen LogP contribution >= 0.6 is 12.2 Å². The van der Waals surface area contributed by atoms with E-state index in [0.29, 0.717) is 18.0 Å². The van der Waals surface area contributed by atoms with E-state index >= 15 is 0 Å². The fraction of sp³-hybridized carbons (Fsp3) is 0.500. The smallest absolute Gasteiger partial charge is 0.222 e. The molecule has 0 radical (unpaired) electrons. The predicted molar refractivity (Wildman–Crippen MR) is 68.9 cm³/mol. The molecule has 1 atom stereocenters. The number of nitrogens with two attached hydrogens (primary N) is 1. The number of rotatable bonds is 3. The number of hydrogen-bond acceptors (Lipinski definition) is 4. The van der Waals surface area contributed by atoms with E-state index in [2.05, 4.69) is 15.7 Å². The first kappa shape index (κ1) is 11.8. The molecule has 4 N–H and O–H groups in total. The first-order valence-corrected chi connectivity index (χ1v) is 5.76. The van der Waals surface area contributed by atoms with E-state index in [1.165, 1.54) is 0 Å². The van der Waals surface area contributed by atoms with Crippen molar-refractivity contribution in [2.45, 2.75) is 19.4 Å². The molecule has 2 heterocycles. The molecule has 0 bridgehead atoms. The molecule has 1 unspecified atom stereocenters. The first-order chi connectivity index (χ1) is 7.99. The number of aromatic nitrogens is 2. The average Bonchev–Trinajstić information content (AvgIpc) is 2.72. The quantitative estimate of drug-likeness (QED) is 0.642. The normalized spacial score (nSPS) is 19.2. The van der Waals surface area contributed by atoms with Crippen LogP contribution in [-0.4, -0.2) is 33.3 Å². The van der Waals surface area contributed by atoms with E-state index in [4.69, 9.17) is 18.0 Å². The van der Waals surface area contributed by atoms with E-state index in [9.17, 15) is 4.79 Å². The van der Waals surface area contributed by atoms with Crippen LogP contribution < -0.4 is 16.4 Å². The van der Waals surface area contributed by atoms with Crippen molar-refractivity contribution < 1.29 is 4.79 Å². The Kier molecular flexibility index (Phi) is 3.01. The van der Waals surface area contributed by atoms with Gasteiger partial charge in [0.15, 0.2) is 0 Å². The van der Waals surface area contributed by atoms with Gasteiger partial charge in [-0.3, -0.25) is 9.48 Å². The molecule has 0 spiro atoms. The van der Waals surface area contributed by atoms with Gasteiger partial charge in [-0.2, -0.15) is 5.10 Å². The molecule has 1 amide bonds. The van der Waals surface area contributed by atoms with E-state index in [1.54, 1.807) is 4.68 Å². The molecule has 0 aromatic carbocycles. The number of thiocarbonyl (C=S) groups is 1. The monoisotopic (exact) mass is 253 g/mol. The molecule has 0 aliphatic carbocycles.